The van der Waals surface area contributed by atoms with Gasteiger partial charge < -0.3 is 16.0 Å². The fourth-order valence-corrected chi connectivity index (χ4v) is 2.49. The number of hydrogen-bond donors (Lipinski definition) is 3. The zero-order valence-electron chi connectivity index (χ0n) is 14.7. The summed E-state index contributed by atoms with van der Waals surface area (Å²) >= 11 is 3.25. The second-order valence-electron chi connectivity index (χ2n) is 6.15. The molecule has 3 N–H and O–H groups in total. The SMILES string of the molecule is CN=C(NCCCc1ccc(Br)cc1F)NCC(C)(C)C(=O)NC. The van der Waals surface area contributed by atoms with Gasteiger partial charge in [-0.05, 0) is 44.4 Å². The first-order chi connectivity index (χ1) is 11.3. The lowest BCUT2D eigenvalue weighted by molar-refractivity contribution is -0.128. The number of nitrogens with zero attached hydrogens (tertiary/aromatic N) is 1. The maximum atomic E-state index is 13.7. The summed E-state index contributed by atoms with van der Waals surface area (Å²) in [5, 5.41) is 8.96. The Morgan fingerprint density at radius 1 is 1.33 bits per heavy atom. The molecule has 0 aliphatic rings. The monoisotopic (exact) mass is 400 g/mol. The molecule has 0 unspecified atom stereocenters. The van der Waals surface area contributed by atoms with E-state index >= 15 is 0 Å². The maximum Gasteiger partial charge on any atom is 0.227 e. The number of amides is 1. The Bertz CT molecular complexity index is 590. The Morgan fingerprint density at radius 2 is 2.04 bits per heavy atom. The van der Waals surface area contributed by atoms with Gasteiger partial charge >= 0.3 is 0 Å². The molecule has 1 aromatic rings. The first-order valence-electron chi connectivity index (χ1n) is 7.91. The van der Waals surface area contributed by atoms with E-state index in [4.69, 9.17) is 0 Å². The van der Waals surface area contributed by atoms with Crippen LogP contribution in [0.4, 0.5) is 4.39 Å². The highest BCUT2D eigenvalue weighted by atomic mass is 79.9. The zero-order chi connectivity index (χ0) is 18.2. The van der Waals surface area contributed by atoms with E-state index in [2.05, 4.69) is 36.9 Å². The van der Waals surface area contributed by atoms with E-state index in [1.54, 1.807) is 20.2 Å². The summed E-state index contributed by atoms with van der Waals surface area (Å²) in [6.45, 7) is 4.86. The van der Waals surface area contributed by atoms with Gasteiger partial charge in [0, 0.05) is 31.7 Å². The van der Waals surface area contributed by atoms with Crippen molar-refractivity contribution in [3.8, 4) is 0 Å². The molecule has 7 heteroatoms. The van der Waals surface area contributed by atoms with E-state index in [9.17, 15) is 9.18 Å². The van der Waals surface area contributed by atoms with Crippen molar-refractivity contribution in [2.75, 3.05) is 27.2 Å². The van der Waals surface area contributed by atoms with E-state index in [1.807, 2.05) is 19.9 Å². The summed E-state index contributed by atoms with van der Waals surface area (Å²) in [5.41, 5.74) is 0.163. The quantitative estimate of drug-likeness (QED) is 0.374. The van der Waals surface area contributed by atoms with Crippen LogP contribution in [0.2, 0.25) is 0 Å². The minimum Gasteiger partial charge on any atom is -0.359 e. The molecule has 0 aliphatic heterocycles. The van der Waals surface area contributed by atoms with Gasteiger partial charge in [0.05, 0.1) is 5.41 Å². The highest BCUT2D eigenvalue weighted by Gasteiger charge is 2.26. The van der Waals surface area contributed by atoms with Crippen LogP contribution in [0.5, 0.6) is 0 Å². The molecule has 1 rings (SSSR count). The van der Waals surface area contributed by atoms with Crippen molar-refractivity contribution in [1.82, 2.24) is 16.0 Å². The predicted molar refractivity (Wildman–Crippen MR) is 99.6 cm³/mol. The summed E-state index contributed by atoms with van der Waals surface area (Å²) < 4.78 is 14.5. The summed E-state index contributed by atoms with van der Waals surface area (Å²) in [6.07, 6.45) is 1.42. The molecule has 0 saturated heterocycles. The lowest BCUT2D eigenvalue weighted by Crippen LogP contribution is -2.47. The number of halogens is 2. The van der Waals surface area contributed by atoms with E-state index < -0.39 is 5.41 Å². The molecule has 0 bridgehead atoms. The molecule has 0 saturated carbocycles. The summed E-state index contributed by atoms with van der Waals surface area (Å²) in [7, 11) is 3.30. The van der Waals surface area contributed by atoms with E-state index in [1.165, 1.54) is 6.07 Å². The van der Waals surface area contributed by atoms with Crippen LogP contribution < -0.4 is 16.0 Å². The molecule has 1 amide bonds. The van der Waals surface area contributed by atoms with Gasteiger partial charge in [-0.25, -0.2) is 4.39 Å². The number of hydrogen-bond acceptors (Lipinski definition) is 2. The molecule has 1 aromatic carbocycles. The van der Waals surface area contributed by atoms with Gasteiger partial charge in [0.25, 0.3) is 0 Å². The fraction of sp³-hybridized carbons (Fsp3) is 0.529. The largest absolute Gasteiger partial charge is 0.359 e. The van der Waals surface area contributed by atoms with Crippen molar-refractivity contribution in [1.29, 1.82) is 0 Å². The highest BCUT2D eigenvalue weighted by molar-refractivity contribution is 9.10. The van der Waals surface area contributed by atoms with Crippen LogP contribution in [0, 0.1) is 11.2 Å². The second kappa shape index (κ2) is 9.61. The third-order valence-electron chi connectivity index (χ3n) is 3.69. The summed E-state index contributed by atoms with van der Waals surface area (Å²) in [4.78, 5) is 15.9. The molecule has 0 spiro atoms. The van der Waals surface area contributed by atoms with E-state index in [0.717, 1.165) is 10.9 Å². The Morgan fingerprint density at radius 3 is 2.62 bits per heavy atom. The summed E-state index contributed by atoms with van der Waals surface area (Å²) in [6, 6.07) is 5.11. The Hall–Kier alpha value is -1.63. The first-order valence-corrected chi connectivity index (χ1v) is 8.70. The van der Waals surface area contributed by atoms with Crippen LogP contribution in [0.25, 0.3) is 0 Å². The number of aryl methyl sites for hydroxylation is 1. The molecule has 0 heterocycles. The fourth-order valence-electron chi connectivity index (χ4n) is 2.15. The van der Waals surface area contributed by atoms with Crippen molar-refractivity contribution in [2.24, 2.45) is 10.4 Å². The topological polar surface area (TPSA) is 65.5 Å². The van der Waals surface area contributed by atoms with Crippen molar-refractivity contribution in [3.05, 3.63) is 34.1 Å². The van der Waals surface area contributed by atoms with Crippen LogP contribution >= 0.6 is 15.9 Å². The van der Waals surface area contributed by atoms with Crippen molar-refractivity contribution in [2.45, 2.75) is 26.7 Å². The predicted octanol–water partition coefficient (Wildman–Crippen LogP) is 2.46. The standard InChI is InChI=1S/C17H26BrFN4O/c1-17(2,15(24)20-3)11-23-16(21-4)22-9-5-6-12-7-8-13(18)10-14(12)19/h7-8,10H,5-6,9,11H2,1-4H3,(H,20,24)(H2,21,22,23). The molecule has 24 heavy (non-hydrogen) atoms. The molecule has 0 aromatic heterocycles. The van der Waals surface area contributed by atoms with Gasteiger partial charge in [0.1, 0.15) is 5.82 Å². The molecule has 5 nitrogen and oxygen atoms in total. The van der Waals surface area contributed by atoms with E-state index in [0.29, 0.717) is 31.0 Å². The van der Waals surface area contributed by atoms with Gasteiger partial charge in [-0.15, -0.1) is 0 Å². The van der Waals surface area contributed by atoms with Crippen LogP contribution in [0.1, 0.15) is 25.8 Å². The second-order valence-corrected chi connectivity index (χ2v) is 7.07. The average Bonchev–Trinajstić information content (AvgIpc) is 2.54. The molecule has 0 fully saturated rings. The minimum absolute atomic E-state index is 0.0313. The highest BCUT2D eigenvalue weighted by Crippen LogP contribution is 2.16. The number of guanidine groups is 1. The molecule has 134 valence electrons. The van der Waals surface area contributed by atoms with Gasteiger partial charge in [0.2, 0.25) is 5.91 Å². The normalized spacial score (nSPS) is 12.0. The van der Waals surface area contributed by atoms with Crippen LogP contribution in [-0.4, -0.2) is 39.1 Å². The summed E-state index contributed by atoms with van der Waals surface area (Å²) in [5.74, 6) is 0.402. The molecule has 0 aliphatic carbocycles. The molecule has 0 radical (unpaired) electrons. The lowest BCUT2D eigenvalue weighted by atomic mass is 9.92. The number of carbonyl (C=O) groups excluding carboxylic acids is 1. The molecule has 0 atom stereocenters. The van der Waals surface area contributed by atoms with Crippen molar-refractivity contribution >= 4 is 27.8 Å². The maximum absolute atomic E-state index is 13.7. The molecular weight excluding hydrogens is 375 g/mol. The smallest absolute Gasteiger partial charge is 0.227 e. The van der Waals surface area contributed by atoms with Gasteiger partial charge in [-0.3, -0.25) is 9.79 Å². The Kier molecular flexibility index (Phi) is 8.18. The minimum atomic E-state index is -0.535. The van der Waals surface area contributed by atoms with Gasteiger partial charge in [-0.1, -0.05) is 22.0 Å². The number of nitrogens with one attached hydrogen (secondary N) is 3. The van der Waals surface area contributed by atoms with Crippen LogP contribution in [0.3, 0.4) is 0 Å². The molecular formula is C17H26BrFN4O. The van der Waals surface area contributed by atoms with Crippen molar-refractivity contribution < 1.29 is 9.18 Å². The third-order valence-corrected chi connectivity index (χ3v) is 4.19. The Labute approximate surface area is 151 Å². The Balaban J connectivity index is 2.38. The number of benzene rings is 1. The van der Waals surface area contributed by atoms with Gasteiger partial charge in [-0.2, -0.15) is 0 Å². The van der Waals surface area contributed by atoms with E-state index in [-0.39, 0.29) is 11.7 Å². The lowest BCUT2D eigenvalue weighted by Gasteiger charge is -2.24. The number of rotatable bonds is 7. The van der Waals surface area contributed by atoms with Crippen LogP contribution in [-0.2, 0) is 11.2 Å². The zero-order valence-corrected chi connectivity index (χ0v) is 16.3. The van der Waals surface area contributed by atoms with Crippen molar-refractivity contribution in [3.63, 3.8) is 0 Å². The van der Waals surface area contributed by atoms with Gasteiger partial charge in [0.15, 0.2) is 5.96 Å². The van der Waals surface area contributed by atoms with Crippen LogP contribution in [0.15, 0.2) is 27.7 Å². The first kappa shape index (κ1) is 20.4. The third kappa shape index (κ3) is 6.47. The number of carbonyl (C=O) groups is 1. The number of aliphatic imine (C=N–C) groups is 1. The average molecular weight is 401 g/mol.